The number of rotatable bonds is 5. The lowest BCUT2D eigenvalue weighted by molar-refractivity contribution is 0.0216. The van der Waals surface area contributed by atoms with Crippen LogP contribution < -0.4 is 0 Å². The molecule has 1 aromatic rings. The second kappa shape index (κ2) is 9.08. The summed E-state index contributed by atoms with van der Waals surface area (Å²) in [6.07, 6.45) is 2.33. The largest absolute Gasteiger partial charge is 0.396 e. The molecule has 5 nitrogen and oxygen atoms in total. The van der Waals surface area contributed by atoms with Crippen molar-refractivity contribution in [3.63, 3.8) is 0 Å². The highest BCUT2D eigenvalue weighted by molar-refractivity contribution is 5.94. The lowest BCUT2D eigenvalue weighted by Gasteiger charge is -2.46. The van der Waals surface area contributed by atoms with Crippen LogP contribution in [0, 0.1) is 17.6 Å². The van der Waals surface area contributed by atoms with E-state index in [0.717, 1.165) is 57.2 Å². The molecular formula is C20H29F2N3O2. The van der Waals surface area contributed by atoms with Gasteiger partial charge in [0.15, 0.2) is 0 Å². The van der Waals surface area contributed by atoms with Gasteiger partial charge in [-0.05, 0) is 50.4 Å². The van der Waals surface area contributed by atoms with Crippen molar-refractivity contribution < 1.29 is 18.7 Å². The molecule has 1 N–H and O–H groups in total. The maximum absolute atomic E-state index is 14.0. The SMILES string of the molecule is CN1CCN([C@H]2CCN(C(=O)c3cc(F)ccc3F)C[C@H]2CCCO)CC1. The molecule has 7 heteroatoms. The molecule has 0 aliphatic carbocycles. The van der Waals surface area contributed by atoms with Crippen LogP contribution in [0.5, 0.6) is 0 Å². The van der Waals surface area contributed by atoms with E-state index in [1.165, 1.54) is 0 Å². The molecule has 0 bridgehead atoms. The van der Waals surface area contributed by atoms with Gasteiger partial charge < -0.3 is 14.9 Å². The molecule has 150 valence electrons. The fourth-order valence-electron chi connectivity index (χ4n) is 4.31. The zero-order valence-electron chi connectivity index (χ0n) is 15.9. The summed E-state index contributed by atoms with van der Waals surface area (Å²) >= 11 is 0. The van der Waals surface area contributed by atoms with Gasteiger partial charge >= 0.3 is 0 Å². The van der Waals surface area contributed by atoms with Crippen LogP contribution in [0.1, 0.15) is 29.6 Å². The zero-order valence-corrected chi connectivity index (χ0v) is 15.9. The summed E-state index contributed by atoms with van der Waals surface area (Å²) in [6, 6.07) is 3.37. The van der Waals surface area contributed by atoms with Gasteiger partial charge in [0.05, 0.1) is 5.56 Å². The van der Waals surface area contributed by atoms with Gasteiger partial charge in [-0.25, -0.2) is 8.78 Å². The maximum atomic E-state index is 14.0. The number of piperidine rings is 1. The maximum Gasteiger partial charge on any atom is 0.256 e. The van der Waals surface area contributed by atoms with E-state index in [9.17, 15) is 18.7 Å². The Kier molecular flexibility index (Phi) is 6.78. The Morgan fingerprint density at radius 3 is 2.63 bits per heavy atom. The van der Waals surface area contributed by atoms with Gasteiger partial charge in [-0.2, -0.15) is 0 Å². The first-order valence-corrected chi connectivity index (χ1v) is 9.77. The molecule has 0 radical (unpaired) electrons. The van der Waals surface area contributed by atoms with Crippen LogP contribution >= 0.6 is 0 Å². The van der Waals surface area contributed by atoms with E-state index in [1.807, 2.05) is 0 Å². The Bertz CT molecular complexity index is 650. The van der Waals surface area contributed by atoms with Crippen molar-refractivity contribution in [3.8, 4) is 0 Å². The number of carbonyl (C=O) groups is 1. The standard InChI is InChI=1S/C20H29F2N3O2/c1-23-8-10-24(11-9-23)19-6-7-25(14-15(19)3-2-12-26)20(27)17-13-16(21)4-5-18(17)22/h4-5,13,15,19,26H,2-3,6-12,14H2,1H3/t15-,19+/m1/s1. The highest BCUT2D eigenvalue weighted by Gasteiger charge is 2.36. The number of likely N-dealkylation sites (N-methyl/N-ethyl adjacent to an activating group) is 1. The third-order valence-electron chi connectivity index (χ3n) is 5.88. The summed E-state index contributed by atoms with van der Waals surface area (Å²) in [4.78, 5) is 19.2. The Morgan fingerprint density at radius 2 is 1.93 bits per heavy atom. The molecule has 0 unspecified atom stereocenters. The van der Waals surface area contributed by atoms with Crippen LogP contribution in [0.15, 0.2) is 18.2 Å². The number of likely N-dealkylation sites (tertiary alicyclic amines) is 1. The number of amides is 1. The van der Waals surface area contributed by atoms with Gasteiger partial charge in [-0.1, -0.05) is 0 Å². The van der Waals surface area contributed by atoms with Gasteiger partial charge in [0.2, 0.25) is 0 Å². The molecule has 2 atom stereocenters. The van der Waals surface area contributed by atoms with E-state index in [0.29, 0.717) is 25.6 Å². The molecule has 0 aromatic heterocycles. The number of aliphatic hydroxyl groups is 1. The van der Waals surface area contributed by atoms with Crippen LogP contribution in [-0.4, -0.2) is 84.7 Å². The van der Waals surface area contributed by atoms with Gasteiger partial charge in [0.25, 0.3) is 5.91 Å². The van der Waals surface area contributed by atoms with E-state index >= 15 is 0 Å². The molecule has 2 aliphatic rings. The topological polar surface area (TPSA) is 47.0 Å². The Balaban J connectivity index is 1.71. The minimum atomic E-state index is -0.686. The van der Waals surface area contributed by atoms with Crippen molar-refractivity contribution in [3.05, 3.63) is 35.4 Å². The van der Waals surface area contributed by atoms with E-state index < -0.39 is 17.5 Å². The van der Waals surface area contributed by atoms with Crippen LogP contribution in [0.3, 0.4) is 0 Å². The molecule has 3 rings (SSSR count). The van der Waals surface area contributed by atoms with E-state index in [-0.39, 0.29) is 18.1 Å². The second-order valence-electron chi connectivity index (χ2n) is 7.70. The van der Waals surface area contributed by atoms with Crippen molar-refractivity contribution in [2.75, 3.05) is 52.9 Å². The Hall–Kier alpha value is -1.57. The predicted octanol–water partition coefficient (Wildman–Crippen LogP) is 1.82. The lowest BCUT2D eigenvalue weighted by atomic mass is 9.86. The molecule has 1 amide bonds. The summed E-state index contributed by atoms with van der Waals surface area (Å²) in [7, 11) is 2.12. The third-order valence-corrected chi connectivity index (χ3v) is 5.88. The first-order valence-electron chi connectivity index (χ1n) is 9.77. The number of nitrogens with zero attached hydrogens (tertiary/aromatic N) is 3. The van der Waals surface area contributed by atoms with Crippen LogP contribution in [0.4, 0.5) is 8.78 Å². The monoisotopic (exact) mass is 381 g/mol. The summed E-state index contributed by atoms with van der Waals surface area (Å²) < 4.78 is 27.5. The first-order chi connectivity index (χ1) is 13.0. The summed E-state index contributed by atoms with van der Waals surface area (Å²) in [5.74, 6) is -1.51. The highest BCUT2D eigenvalue weighted by atomic mass is 19.1. The second-order valence-corrected chi connectivity index (χ2v) is 7.70. The van der Waals surface area contributed by atoms with Crippen molar-refractivity contribution in [1.82, 2.24) is 14.7 Å². The average molecular weight is 381 g/mol. The smallest absolute Gasteiger partial charge is 0.256 e. The first kappa shape index (κ1) is 20.2. The number of aliphatic hydroxyl groups excluding tert-OH is 1. The molecular weight excluding hydrogens is 352 g/mol. The fraction of sp³-hybridized carbons (Fsp3) is 0.650. The average Bonchev–Trinajstić information content (AvgIpc) is 2.68. The van der Waals surface area contributed by atoms with Gasteiger partial charge in [0.1, 0.15) is 11.6 Å². The molecule has 2 heterocycles. The number of benzene rings is 1. The lowest BCUT2D eigenvalue weighted by Crippen LogP contribution is -2.57. The van der Waals surface area contributed by atoms with Crippen molar-refractivity contribution >= 4 is 5.91 Å². The summed E-state index contributed by atoms with van der Waals surface area (Å²) in [6.45, 7) is 5.25. The quantitative estimate of drug-likeness (QED) is 0.845. The van der Waals surface area contributed by atoms with Crippen LogP contribution in [0.2, 0.25) is 0 Å². The molecule has 0 saturated carbocycles. The highest BCUT2D eigenvalue weighted by Crippen LogP contribution is 2.28. The summed E-state index contributed by atoms with van der Waals surface area (Å²) in [5.41, 5.74) is -0.200. The van der Waals surface area contributed by atoms with E-state index in [2.05, 4.69) is 16.8 Å². The van der Waals surface area contributed by atoms with Gasteiger partial charge in [-0.3, -0.25) is 9.69 Å². The van der Waals surface area contributed by atoms with Gasteiger partial charge in [0, 0.05) is 51.9 Å². The molecule has 2 aliphatic heterocycles. The number of hydrogen-bond acceptors (Lipinski definition) is 4. The number of halogens is 2. The molecule has 0 spiro atoms. The Morgan fingerprint density at radius 1 is 1.19 bits per heavy atom. The van der Waals surface area contributed by atoms with Crippen LogP contribution in [-0.2, 0) is 0 Å². The van der Waals surface area contributed by atoms with Crippen molar-refractivity contribution in [1.29, 1.82) is 0 Å². The number of carbonyl (C=O) groups excluding carboxylic acids is 1. The van der Waals surface area contributed by atoms with Crippen molar-refractivity contribution in [2.45, 2.75) is 25.3 Å². The minimum Gasteiger partial charge on any atom is -0.396 e. The summed E-state index contributed by atoms with van der Waals surface area (Å²) in [5, 5.41) is 9.26. The predicted molar refractivity (Wildman–Crippen MR) is 99.5 cm³/mol. The van der Waals surface area contributed by atoms with Crippen LogP contribution in [0.25, 0.3) is 0 Å². The number of hydrogen-bond donors (Lipinski definition) is 1. The Labute approximate surface area is 159 Å². The molecule has 2 fully saturated rings. The van der Waals surface area contributed by atoms with E-state index in [4.69, 9.17) is 0 Å². The number of piperazine rings is 1. The minimum absolute atomic E-state index is 0.123. The fourth-order valence-corrected chi connectivity index (χ4v) is 4.31. The normalized spacial score (nSPS) is 25.0. The molecule has 2 saturated heterocycles. The van der Waals surface area contributed by atoms with E-state index in [1.54, 1.807) is 4.90 Å². The zero-order chi connectivity index (χ0) is 19.4. The van der Waals surface area contributed by atoms with Crippen molar-refractivity contribution in [2.24, 2.45) is 5.92 Å². The molecule has 1 aromatic carbocycles. The molecule has 27 heavy (non-hydrogen) atoms. The van der Waals surface area contributed by atoms with Gasteiger partial charge in [-0.15, -0.1) is 0 Å². The third kappa shape index (κ3) is 4.83.